The van der Waals surface area contributed by atoms with E-state index in [2.05, 4.69) is 38.1 Å². The van der Waals surface area contributed by atoms with Crippen LogP contribution in [0.4, 0.5) is 0 Å². The average Bonchev–Trinajstić information content (AvgIpc) is 3.48. The van der Waals surface area contributed by atoms with Crippen LogP contribution in [0.5, 0.6) is 5.75 Å². The summed E-state index contributed by atoms with van der Waals surface area (Å²) in [5, 5.41) is 4.96. The van der Waals surface area contributed by atoms with Gasteiger partial charge >= 0.3 is 0 Å². The van der Waals surface area contributed by atoms with Crippen molar-refractivity contribution in [1.29, 1.82) is 0 Å². The van der Waals surface area contributed by atoms with Gasteiger partial charge in [0.2, 0.25) is 0 Å². The highest BCUT2D eigenvalue weighted by atomic mass is 32.2. The van der Waals surface area contributed by atoms with Crippen LogP contribution in [0.25, 0.3) is 23.0 Å². The van der Waals surface area contributed by atoms with Gasteiger partial charge in [0.1, 0.15) is 15.8 Å². The molecule has 0 saturated carbocycles. The molecule has 1 fully saturated rings. The zero-order valence-electron chi connectivity index (χ0n) is 22.2. The Morgan fingerprint density at radius 2 is 1.77 bits per heavy atom. The molecule has 2 heterocycles. The third kappa shape index (κ3) is 6.32. The van der Waals surface area contributed by atoms with E-state index in [4.69, 9.17) is 22.1 Å². The standard InChI is InChI=1S/C32H31N3O2S2/c1-3-4-19-37-27-15-16-28(23(2)20-27)30-25(22-35(33-30)26-13-9-6-10-14-26)21-29-31(36)34(32(38)39-29)18-17-24-11-7-5-8-12-24/h5-16,20-22H,3-4,17-19H2,1-2H3. The Bertz CT molecular complexity index is 1500. The van der Waals surface area contributed by atoms with E-state index >= 15 is 0 Å². The number of aromatic nitrogens is 2. The van der Waals surface area contributed by atoms with E-state index in [-0.39, 0.29) is 5.91 Å². The summed E-state index contributed by atoms with van der Waals surface area (Å²) in [5.41, 5.74) is 5.87. The molecule has 1 amide bonds. The second kappa shape index (κ2) is 12.5. The molecule has 1 aromatic heterocycles. The van der Waals surface area contributed by atoms with Crippen molar-refractivity contribution in [3.8, 4) is 22.7 Å². The maximum atomic E-state index is 13.4. The van der Waals surface area contributed by atoms with Gasteiger partial charge in [0, 0.05) is 23.9 Å². The molecule has 5 nitrogen and oxygen atoms in total. The first-order chi connectivity index (χ1) is 19.0. The molecule has 0 N–H and O–H groups in total. The SMILES string of the molecule is CCCCOc1ccc(-c2nn(-c3ccccc3)cc2C=C2SC(=S)N(CCc3ccccc3)C2=O)c(C)c1. The fourth-order valence-electron chi connectivity index (χ4n) is 4.46. The molecule has 0 radical (unpaired) electrons. The zero-order valence-corrected chi connectivity index (χ0v) is 23.8. The number of hydrogen-bond donors (Lipinski definition) is 0. The molecule has 1 aliphatic heterocycles. The van der Waals surface area contributed by atoms with Gasteiger partial charge in [-0.1, -0.05) is 85.9 Å². The number of carbonyl (C=O) groups is 1. The summed E-state index contributed by atoms with van der Waals surface area (Å²) in [4.78, 5) is 15.7. The van der Waals surface area contributed by atoms with E-state index < -0.39 is 0 Å². The summed E-state index contributed by atoms with van der Waals surface area (Å²) >= 11 is 6.96. The number of thioether (sulfide) groups is 1. The van der Waals surface area contributed by atoms with Crippen molar-refractivity contribution in [2.24, 2.45) is 0 Å². The van der Waals surface area contributed by atoms with Gasteiger partial charge in [-0.25, -0.2) is 4.68 Å². The van der Waals surface area contributed by atoms with Gasteiger partial charge < -0.3 is 4.74 Å². The van der Waals surface area contributed by atoms with Gasteiger partial charge in [-0.15, -0.1) is 0 Å². The van der Waals surface area contributed by atoms with Gasteiger partial charge in [-0.3, -0.25) is 9.69 Å². The van der Waals surface area contributed by atoms with E-state index in [9.17, 15) is 4.79 Å². The number of rotatable bonds is 10. The van der Waals surface area contributed by atoms with Crippen molar-refractivity contribution in [2.45, 2.75) is 33.1 Å². The summed E-state index contributed by atoms with van der Waals surface area (Å²) in [6.07, 6.45) is 6.77. The lowest BCUT2D eigenvalue weighted by atomic mass is 10.0. The van der Waals surface area contributed by atoms with Crippen LogP contribution >= 0.6 is 24.0 Å². The maximum absolute atomic E-state index is 13.4. The molecular weight excluding hydrogens is 523 g/mol. The molecule has 0 bridgehead atoms. The molecule has 0 unspecified atom stereocenters. The molecule has 0 atom stereocenters. The van der Waals surface area contributed by atoms with Crippen LogP contribution in [-0.2, 0) is 11.2 Å². The second-order valence-electron chi connectivity index (χ2n) is 9.46. The molecule has 198 valence electrons. The number of ether oxygens (including phenoxy) is 1. The molecule has 0 aliphatic carbocycles. The number of benzene rings is 3. The Balaban J connectivity index is 1.46. The molecule has 0 spiro atoms. The van der Waals surface area contributed by atoms with Gasteiger partial charge in [-0.2, -0.15) is 5.10 Å². The van der Waals surface area contributed by atoms with E-state index in [1.807, 2.05) is 71.6 Å². The highest BCUT2D eigenvalue weighted by Crippen LogP contribution is 2.36. The number of unbranched alkanes of at least 4 members (excludes halogenated alkanes) is 1. The summed E-state index contributed by atoms with van der Waals surface area (Å²) in [5.74, 6) is 0.795. The number of aryl methyl sites for hydroxylation is 1. The Hall–Kier alpha value is -3.68. The van der Waals surface area contributed by atoms with Crippen LogP contribution in [-0.4, -0.2) is 38.1 Å². The average molecular weight is 554 g/mol. The molecule has 7 heteroatoms. The Morgan fingerprint density at radius 3 is 2.49 bits per heavy atom. The predicted molar refractivity (Wildman–Crippen MR) is 164 cm³/mol. The highest BCUT2D eigenvalue weighted by Gasteiger charge is 2.32. The smallest absolute Gasteiger partial charge is 0.266 e. The number of thiocarbonyl (C=S) groups is 1. The Morgan fingerprint density at radius 1 is 1.03 bits per heavy atom. The lowest BCUT2D eigenvalue weighted by Gasteiger charge is -2.14. The second-order valence-corrected chi connectivity index (χ2v) is 11.1. The fourth-order valence-corrected chi connectivity index (χ4v) is 5.76. The molecule has 5 rings (SSSR count). The van der Waals surface area contributed by atoms with E-state index in [1.54, 1.807) is 4.90 Å². The molecule has 39 heavy (non-hydrogen) atoms. The van der Waals surface area contributed by atoms with Crippen molar-refractivity contribution in [2.75, 3.05) is 13.2 Å². The zero-order chi connectivity index (χ0) is 27.2. The minimum atomic E-state index is -0.0595. The normalized spacial score (nSPS) is 14.4. The summed E-state index contributed by atoms with van der Waals surface area (Å²) in [7, 11) is 0. The topological polar surface area (TPSA) is 47.4 Å². The van der Waals surface area contributed by atoms with E-state index in [0.29, 0.717) is 22.4 Å². The lowest BCUT2D eigenvalue weighted by Crippen LogP contribution is -2.30. The van der Waals surface area contributed by atoms with Gasteiger partial charge in [0.25, 0.3) is 5.91 Å². The van der Waals surface area contributed by atoms with Crippen molar-refractivity contribution >= 4 is 40.3 Å². The number of para-hydroxylation sites is 1. The molecule has 3 aromatic carbocycles. The first-order valence-corrected chi connectivity index (χ1v) is 14.4. The van der Waals surface area contributed by atoms with Crippen LogP contribution in [0, 0.1) is 6.92 Å². The van der Waals surface area contributed by atoms with Gasteiger partial charge in [0.15, 0.2) is 0 Å². The quantitative estimate of drug-likeness (QED) is 0.116. The van der Waals surface area contributed by atoms with Crippen LogP contribution in [0.1, 0.15) is 36.5 Å². The lowest BCUT2D eigenvalue weighted by molar-refractivity contribution is -0.122. The van der Waals surface area contributed by atoms with Crippen molar-refractivity contribution < 1.29 is 9.53 Å². The molecular formula is C32H31N3O2S2. The number of carbonyl (C=O) groups excluding carboxylic acids is 1. The first-order valence-electron chi connectivity index (χ1n) is 13.2. The monoisotopic (exact) mass is 553 g/mol. The largest absolute Gasteiger partial charge is 0.494 e. The van der Waals surface area contributed by atoms with Crippen LogP contribution < -0.4 is 4.74 Å². The van der Waals surface area contributed by atoms with Crippen LogP contribution in [0.2, 0.25) is 0 Å². The van der Waals surface area contributed by atoms with Gasteiger partial charge in [-0.05, 0) is 67.3 Å². The minimum Gasteiger partial charge on any atom is -0.494 e. The Labute approximate surface area is 239 Å². The molecule has 4 aromatic rings. The summed E-state index contributed by atoms with van der Waals surface area (Å²) in [6, 6.07) is 26.2. The number of amides is 1. The number of hydrogen-bond acceptors (Lipinski definition) is 5. The third-order valence-electron chi connectivity index (χ3n) is 6.61. The predicted octanol–water partition coefficient (Wildman–Crippen LogP) is 7.47. The fraction of sp³-hybridized carbons (Fsp3) is 0.219. The van der Waals surface area contributed by atoms with E-state index in [1.165, 1.54) is 17.3 Å². The summed E-state index contributed by atoms with van der Waals surface area (Å²) in [6.45, 7) is 5.48. The minimum absolute atomic E-state index is 0.0595. The van der Waals surface area contributed by atoms with Crippen molar-refractivity contribution in [1.82, 2.24) is 14.7 Å². The maximum Gasteiger partial charge on any atom is 0.266 e. The third-order valence-corrected chi connectivity index (χ3v) is 7.99. The molecule has 1 aliphatic rings. The van der Waals surface area contributed by atoms with Crippen molar-refractivity contribution in [3.63, 3.8) is 0 Å². The van der Waals surface area contributed by atoms with Crippen LogP contribution in [0.15, 0.2) is 90.0 Å². The first kappa shape index (κ1) is 26.9. The van der Waals surface area contributed by atoms with Crippen LogP contribution in [0.3, 0.4) is 0 Å². The summed E-state index contributed by atoms with van der Waals surface area (Å²) < 4.78 is 8.37. The highest BCUT2D eigenvalue weighted by molar-refractivity contribution is 8.26. The molecule has 1 saturated heterocycles. The van der Waals surface area contributed by atoms with Crippen molar-refractivity contribution in [3.05, 3.63) is 107 Å². The van der Waals surface area contributed by atoms with Gasteiger partial charge in [0.05, 0.1) is 17.2 Å². The van der Waals surface area contributed by atoms with E-state index in [0.717, 1.165) is 53.1 Å². The number of nitrogens with zero attached hydrogens (tertiary/aromatic N) is 3. The Kier molecular flexibility index (Phi) is 8.59.